The first kappa shape index (κ1) is 16.1. The lowest BCUT2D eigenvalue weighted by Crippen LogP contribution is -2.06. The van der Waals surface area contributed by atoms with Crippen molar-refractivity contribution in [3.63, 3.8) is 0 Å². The lowest BCUT2D eigenvalue weighted by atomic mass is 10.2. The van der Waals surface area contributed by atoms with E-state index in [0.717, 1.165) is 31.4 Å². The molecule has 0 N–H and O–H groups in total. The van der Waals surface area contributed by atoms with E-state index in [1.54, 1.807) is 24.3 Å². The molecule has 0 amide bonds. The Morgan fingerprint density at radius 1 is 1.00 bits per heavy atom. The smallest absolute Gasteiger partial charge is 0.178 e. The molecule has 3 nitrogen and oxygen atoms in total. The highest BCUT2D eigenvalue weighted by Gasteiger charge is 2.12. The van der Waals surface area contributed by atoms with Gasteiger partial charge < -0.3 is 0 Å². The fourth-order valence-corrected chi connectivity index (χ4v) is 3.62. The molecule has 0 aliphatic carbocycles. The molecule has 0 heterocycles. The average molecular weight is 297 g/mol. The van der Waals surface area contributed by atoms with E-state index in [0.29, 0.717) is 11.3 Å². The van der Waals surface area contributed by atoms with Gasteiger partial charge in [-0.05, 0) is 36.7 Å². The van der Waals surface area contributed by atoms with Crippen LogP contribution in [0.25, 0.3) is 0 Å². The second-order valence-electron chi connectivity index (χ2n) is 4.34. The molecule has 1 aromatic rings. The van der Waals surface area contributed by atoms with E-state index < -0.39 is 9.84 Å². The first-order chi connectivity index (χ1) is 9.17. The van der Waals surface area contributed by atoms with Gasteiger partial charge in [0.15, 0.2) is 9.84 Å². The van der Waals surface area contributed by atoms with Gasteiger partial charge in [0.2, 0.25) is 0 Å². The van der Waals surface area contributed by atoms with Crippen LogP contribution in [0.15, 0.2) is 35.2 Å². The van der Waals surface area contributed by atoms with Gasteiger partial charge in [-0.25, -0.2) is 8.42 Å². The van der Waals surface area contributed by atoms with Gasteiger partial charge in [0.05, 0.1) is 10.6 Å². The number of sulfone groups is 1. The molecule has 0 aliphatic rings. The fourth-order valence-electron chi connectivity index (χ4n) is 1.79. The van der Waals surface area contributed by atoms with E-state index in [9.17, 15) is 8.42 Å². The lowest BCUT2D eigenvalue weighted by Gasteiger charge is -2.04. The highest BCUT2D eigenvalue weighted by Crippen LogP contribution is 2.13. The molecule has 0 aromatic heterocycles. The van der Waals surface area contributed by atoms with Crippen molar-refractivity contribution in [3.8, 4) is 5.40 Å². The molecule has 1 aromatic carbocycles. The first-order valence-corrected chi connectivity index (χ1v) is 9.09. The summed E-state index contributed by atoms with van der Waals surface area (Å²) in [6.45, 7) is 0. The van der Waals surface area contributed by atoms with Gasteiger partial charge in [0.25, 0.3) is 0 Å². The zero-order valence-corrected chi connectivity index (χ0v) is 12.5. The second-order valence-corrected chi connectivity index (χ2v) is 7.33. The van der Waals surface area contributed by atoms with E-state index in [1.807, 2.05) is 11.5 Å². The predicted octanol–water partition coefficient (Wildman–Crippen LogP) is 3.63. The minimum absolute atomic E-state index is 0.226. The number of hydrogen-bond donors (Lipinski definition) is 0. The van der Waals surface area contributed by atoms with Crippen molar-refractivity contribution in [2.24, 2.45) is 0 Å². The predicted molar refractivity (Wildman–Crippen MR) is 79.7 cm³/mol. The SMILES string of the molecule is N#CSCCCCCCCS(=O)(=O)c1ccccc1. The van der Waals surface area contributed by atoms with Gasteiger partial charge in [-0.3, -0.25) is 0 Å². The second kappa shape index (κ2) is 9.00. The Morgan fingerprint density at radius 3 is 2.32 bits per heavy atom. The number of unbranched alkanes of at least 4 members (excludes halogenated alkanes) is 4. The summed E-state index contributed by atoms with van der Waals surface area (Å²) in [5, 5.41) is 10.4. The Kier molecular flexibility index (Phi) is 7.61. The summed E-state index contributed by atoms with van der Waals surface area (Å²) in [6.07, 6.45) is 4.78. The van der Waals surface area contributed by atoms with Gasteiger partial charge in [-0.1, -0.05) is 37.5 Å². The summed E-state index contributed by atoms with van der Waals surface area (Å²) in [5.41, 5.74) is 0. The molecular formula is C14H19NO2S2. The average Bonchev–Trinajstić information content (AvgIpc) is 2.43. The molecule has 0 radical (unpaired) electrons. The van der Waals surface area contributed by atoms with Crippen LogP contribution in [-0.4, -0.2) is 19.9 Å². The van der Waals surface area contributed by atoms with Gasteiger partial charge >= 0.3 is 0 Å². The summed E-state index contributed by atoms with van der Waals surface area (Å²) in [5.74, 6) is 1.10. The van der Waals surface area contributed by atoms with E-state index in [1.165, 1.54) is 11.8 Å². The molecule has 0 aliphatic heterocycles. The Morgan fingerprint density at radius 2 is 1.63 bits per heavy atom. The van der Waals surface area contributed by atoms with Crippen molar-refractivity contribution >= 4 is 21.6 Å². The minimum atomic E-state index is -3.11. The molecule has 0 saturated heterocycles. The van der Waals surface area contributed by atoms with Gasteiger partial charge in [0.1, 0.15) is 5.40 Å². The largest absolute Gasteiger partial charge is 0.224 e. The maximum Gasteiger partial charge on any atom is 0.178 e. The first-order valence-electron chi connectivity index (χ1n) is 6.45. The molecular weight excluding hydrogens is 278 g/mol. The van der Waals surface area contributed by atoms with Crippen LogP contribution in [0.5, 0.6) is 0 Å². The molecule has 0 unspecified atom stereocenters. The maximum absolute atomic E-state index is 12.0. The Balaban J connectivity index is 2.18. The monoisotopic (exact) mass is 297 g/mol. The molecule has 0 atom stereocenters. The zero-order valence-electron chi connectivity index (χ0n) is 10.9. The van der Waals surface area contributed by atoms with Crippen LogP contribution in [0.3, 0.4) is 0 Å². The molecule has 0 saturated carbocycles. The Bertz CT molecular complexity index is 492. The molecule has 0 fully saturated rings. The van der Waals surface area contributed by atoms with E-state index in [-0.39, 0.29) is 5.75 Å². The third-order valence-electron chi connectivity index (χ3n) is 2.83. The van der Waals surface area contributed by atoms with Crippen molar-refractivity contribution in [1.29, 1.82) is 5.26 Å². The summed E-state index contributed by atoms with van der Waals surface area (Å²) in [4.78, 5) is 0.417. The fraction of sp³-hybridized carbons (Fsp3) is 0.500. The number of benzene rings is 1. The zero-order chi connectivity index (χ0) is 14.0. The number of rotatable bonds is 9. The van der Waals surface area contributed by atoms with Gasteiger partial charge in [0, 0.05) is 5.75 Å². The Labute approximate surface area is 119 Å². The van der Waals surface area contributed by atoms with E-state index in [4.69, 9.17) is 5.26 Å². The third kappa shape index (κ3) is 6.65. The number of hydrogen-bond acceptors (Lipinski definition) is 4. The quantitative estimate of drug-likeness (QED) is 0.516. The highest BCUT2D eigenvalue weighted by molar-refractivity contribution is 8.03. The van der Waals surface area contributed by atoms with Crippen molar-refractivity contribution in [1.82, 2.24) is 0 Å². The highest BCUT2D eigenvalue weighted by atomic mass is 32.2. The number of thioether (sulfide) groups is 1. The summed E-state index contributed by atoms with van der Waals surface area (Å²) < 4.78 is 23.9. The molecule has 0 bridgehead atoms. The molecule has 1 rings (SSSR count). The molecule has 104 valence electrons. The topological polar surface area (TPSA) is 57.9 Å². The van der Waals surface area contributed by atoms with Crippen molar-refractivity contribution in [3.05, 3.63) is 30.3 Å². The van der Waals surface area contributed by atoms with Crippen LogP contribution >= 0.6 is 11.8 Å². The van der Waals surface area contributed by atoms with E-state index >= 15 is 0 Å². The number of nitriles is 1. The number of nitrogens with zero attached hydrogens (tertiary/aromatic N) is 1. The van der Waals surface area contributed by atoms with Crippen LogP contribution < -0.4 is 0 Å². The maximum atomic E-state index is 12.0. The summed E-state index contributed by atoms with van der Waals surface area (Å²) in [6, 6.07) is 8.61. The standard InChI is InChI=1S/C14H19NO2S2/c15-13-18-11-7-2-1-3-8-12-19(16,17)14-9-5-4-6-10-14/h4-6,9-10H,1-3,7-8,11-12H2. The summed E-state index contributed by atoms with van der Waals surface area (Å²) >= 11 is 1.28. The van der Waals surface area contributed by atoms with Gasteiger partial charge in [-0.15, -0.1) is 0 Å². The molecule has 0 spiro atoms. The lowest BCUT2D eigenvalue weighted by molar-refractivity contribution is 0.587. The molecule has 5 heteroatoms. The normalized spacial score (nSPS) is 11.1. The number of thiocyanates is 1. The van der Waals surface area contributed by atoms with Crippen LogP contribution in [-0.2, 0) is 9.84 Å². The van der Waals surface area contributed by atoms with Crippen molar-refractivity contribution in [2.75, 3.05) is 11.5 Å². The van der Waals surface area contributed by atoms with Crippen LogP contribution in [0.1, 0.15) is 32.1 Å². The van der Waals surface area contributed by atoms with Crippen molar-refractivity contribution in [2.45, 2.75) is 37.0 Å². The van der Waals surface area contributed by atoms with Crippen LogP contribution in [0.4, 0.5) is 0 Å². The summed E-state index contributed by atoms with van der Waals surface area (Å²) in [7, 11) is -3.11. The van der Waals surface area contributed by atoms with Crippen LogP contribution in [0, 0.1) is 10.7 Å². The van der Waals surface area contributed by atoms with E-state index in [2.05, 4.69) is 0 Å². The van der Waals surface area contributed by atoms with Crippen molar-refractivity contribution < 1.29 is 8.42 Å². The minimum Gasteiger partial charge on any atom is -0.224 e. The Hall–Kier alpha value is -0.990. The third-order valence-corrected chi connectivity index (χ3v) is 5.26. The van der Waals surface area contributed by atoms with Crippen LogP contribution in [0.2, 0.25) is 0 Å². The van der Waals surface area contributed by atoms with Gasteiger partial charge in [-0.2, -0.15) is 5.26 Å². The molecule has 19 heavy (non-hydrogen) atoms.